The second kappa shape index (κ2) is 2.74. The van der Waals surface area contributed by atoms with Crippen molar-refractivity contribution in [2.24, 2.45) is 5.73 Å². The Labute approximate surface area is 65.3 Å². The van der Waals surface area contributed by atoms with E-state index in [2.05, 4.69) is 6.58 Å². The van der Waals surface area contributed by atoms with Gasteiger partial charge in [0.2, 0.25) is 0 Å². The lowest BCUT2D eigenvalue weighted by Crippen LogP contribution is -1.96. The van der Waals surface area contributed by atoms with Crippen molar-refractivity contribution in [1.82, 2.24) is 0 Å². The average molecular weight is 151 g/mol. The van der Waals surface area contributed by atoms with Crippen LogP contribution in [0.2, 0.25) is 0 Å². The molecule has 2 heteroatoms. The van der Waals surface area contributed by atoms with Crippen LogP contribution >= 0.6 is 0 Å². The summed E-state index contributed by atoms with van der Waals surface area (Å²) in [5, 5.41) is 0. The Hall–Kier alpha value is -1.31. The van der Waals surface area contributed by atoms with E-state index in [0.29, 0.717) is 5.70 Å². The molecule has 2 N–H and O–H groups in total. The molecule has 0 radical (unpaired) electrons. The highest BCUT2D eigenvalue weighted by Crippen LogP contribution is 2.13. The summed E-state index contributed by atoms with van der Waals surface area (Å²) >= 11 is 0. The molecule has 1 nitrogen and oxygen atoms in total. The second-order valence-corrected chi connectivity index (χ2v) is 2.48. The molecule has 11 heavy (non-hydrogen) atoms. The van der Waals surface area contributed by atoms with Gasteiger partial charge in [0.25, 0.3) is 0 Å². The van der Waals surface area contributed by atoms with E-state index in [1.165, 1.54) is 12.1 Å². The van der Waals surface area contributed by atoms with Crippen molar-refractivity contribution in [1.29, 1.82) is 0 Å². The third-order valence-electron chi connectivity index (χ3n) is 1.53. The summed E-state index contributed by atoms with van der Waals surface area (Å²) < 4.78 is 12.5. The Morgan fingerprint density at radius 3 is 2.64 bits per heavy atom. The zero-order chi connectivity index (χ0) is 8.43. The number of aryl methyl sites for hydroxylation is 1. The molecule has 0 amide bonds. The topological polar surface area (TPSA) is 26.0 Å². The molecule has 0 aliphatic heterocycles. The lowest BCUT2D eigenvalue weighted by atomic mass is 10.1. The highest BCUT2D eigenvalue weighted by molar-refractivity contribution is 5.63. The number of hydrogen-bond donors (Lipinski definition) is 1. The van der Waals surface area contributed by atoms with Crippen LogP contribution in [0, 0.1) is 12.7 Å². The van der Waals surface area contributed by atoms with E-state index in [4.69, 9.17) is 5.73 Å². The first-order valence-electron chi connectivity index (χ1n) is 3.32. The summed E-state index contributed by atoms with van der Waals surface area (Å²) in [6, 6.07) is 4.45. The van der Waals surface area contributed by atoms with Crippen LogP contribution in [0.25, 0.3) is 5.70 Å². The van der Waals surface area contributed by atoms with E-state index in [9.17, 15) is 4.39 Å². The summed E-state index contributed by atoms with van der Waals surface area (Å²) in [4.78, 5) is 0. The maximum Gasteiger partial charge on any atom is 0.123 e. The van der Waals surface area contributed by atoms with Crippen molar-refractivity contribution in [3.63, 3.8) is 0 Å². The van der Waals surface area contributed by atoms with Crippen LogP contribution in [0.3, 0.4) is 0 Å². The fourth-order valence-electron chi connectivity index (χ4n) is 0.987. The van der Waals surface area contributed by atoms with Gasteiger partial charge in [-0.2, -0.15) is 0 Å². The van der Waals surface area contributed by atoms with Gasteiger partial charge >= 0.3 is 0 Å². The Bertz CT molecular complexity index is 292. The summed E-state index contributed by atoms with van der Waals surface area (Å²) in [7, 11) is 0. The van der Waals surface area contributed by atoms with Crippen molar-refractivity contribution >= 4 is 5.70 Å². The first-order chi connectivity index (χ1) is 5.11. The lowest BCUT2D eigenvalue weighted by Gasteiger charge is -2.03. The van der Waals surface area contributed by atoms with E-state index in [1.807, 2.05) is 0 Å². The molecule has 1 aromatic rings. The molecule has 0 atom stereocenters. The molecule has 0 heterocycles. The van der Waals surface area contributed by atoms with Gasteiger partial charge in [0.15, 0.2) is 0 Å². The van der Waals surface area contributed by atoms with Gasteiger partial charge in [-0.05, 0) is 36.2 Å². The van der Waals surface area contributed by atoms with E-state index < -0.39 is 0 Å². The highest BCUT2D eigenvalue weighted by Gasteiger charge is 1.99. The number of rotatable bonds is 1. The third kappa shape index (κ3) is 1.58. The summed E-state index contributed by atoms with van der Waals surface area (Å²) in [5.74, 6) is -0.243. The van der Waals surface area contributed by atoms with E-state index in [1.54, 1.807) is 13.0 Å². The molecule has 1 aromatic carbocycles. The zero-order valence-electron chi connectivity index (χ0n) is 6.39. The second-order valence-electron chi connectivity index (χ2n) is 2.48. The minimum absolute atomic E-state index is 0.243. The molecule has 0 spiro atoms. The van der Waals surface area contributed by atoms with Crippen LogP contribution in [0.1, 0.15) is 11.1 Å². The van der Waals surface area contributed by atoms with E-state index in [-0.39, 0.29) is 5.82 Å². The number of halogens is 1. The molecule has 0 saturated carbocycles. The zero-order valence-corrected chi connectivity index (χ0v) is 6.39. The highest BCUT2D eigenvalue weighted by atomic mass is 19.1. The van der Waals surface area contributed by atoms with Crippen LogP contribution in [-0.4, -0.2) is 0 Å². The van der Waals surface area contributed by atoms with Gasteiger partial charge in [-0.25, -0.2) is 4.39 Å². The first kappa shape index (κ1) is 7.79. The Kier molecular flexibility index (Phi) is 1.94. The number of nitrogens with two attached hydrogens (primary N) is 1. The van der Waals surface area contributed by atoms with Gasteiger partial charge < -0.3 is 5.73 Å². The van der Waals surface area contributed by atoms with Crippen molar-refractivity contribution in [2.45, 2.75) is 6.92 Å². The van der Waals surface area contributed by atoms with Crippen LogP contribution in [0.5, 0.6) is 0 Å². The van der Waals surface area contributed by atoms with Crippen LogP contribution in [0.15, 0.2) is 24.8 Å². The van der Waals surface area contributed by atoms with Crippen molar-refractivity contribution in [2.75, 3.05) is 0 Å². The van der Waals surface area contributed by atoms with E-state index >= 15 is 0 Å². The van der Waals surface area contributed by atoms with Gasteiger partial charge in [-0.3, -0.25) is 0 Å². The molecule has 0 saturated heterocycles. The van der Waals surface area contributed by atoms with Gasteiger partial charge in [-0.1, -0.05) is 6.58 Å². The Morgan fingerprint density at radius 1 is 1.55 bits per heavy atom. The smallest absolute Gasteiger partial charge is 0.123 e. The van der Waals surface area contributed by atoms with Gasteiger partial charge in [-0.15, -0.1) is 0 Å². The molecular weight excluding hydrogens is 141 g/mol. The molecule has 0 aliphatic rings. The third-order valence-corrected chi connectivity index (χ3v) is 1.53. The van der Waals surface area contributed by atoms with Gasteiger partial charge in [0.1, 0.15) is 5.82 Å². The SMILES string of the molecule is C=C(N)c1ccc(F)cc1C. The van der Waals surface area contributed by atoms with Gasteiger partial charge in [0, 0.05) is 5.70 Å². The largest absolute Gasteiger partial charge is 0.399 e. The van der Waals surface area contributed by atoms with Crippen LogP contribution in [-0.2, 0) is 0 Å². The summed E-state index contributed by atoms with van der Waals surface area (Å²) in [6.07, 6.45) is 0. The monoisotopic (exact) mass is 151 g/mol. The molecule has 0 fully saturated rings. The standard InChI is InChI=1S/C9H10FN/c1-6-5-8(10)3-4-9(6)7(2)11/h3-5H,2,11H2,1H3. The summed E-state index contributed by atoms with van der Waals surface area (Å²) in [5.41, 5.74) is 7.55. The Morgan fingerprint density at radius 2 is 2.18 bits per heavy atom. The maximum absolute atomic E-state index is 12.5. The lowest BCUT2D eigenvalue weighted by molar-refractivity contribution is 0.626. The molecule has 0 unspecified atom stereocenters. The van der Waals surface area contributed by atoms with E-state index in [0.717, 1.165) is 11.1 Å². The number of hydrogen-bond acceptors (Lipinski definition) is 1. The normalized spacial score (nSPS) is 9.64. The summed E-state index contributed by atoms with van der Waals surface area (Å²) in [6.45, 7) is 5.37. The van der Waals surface area contributed by atoms with Crippen LogP contribution in [0.4, 0.5) is 4.39 Å². The predicted octanol–water partition coefficient (Wildman–Crippen LogP) is 2.06. The molecule has 0 bridgehead atoms. The molecule has 0 aliphatic carbocycles. The Balaban J connectivity index is 3.20. The number of benzene rings is 1. The van der Waals surface area contributed by atoms with Gasteiger partial charge in [0.05, 0.1) is 0 Å². The molecule has 58 valence electrons. The minimum atomic E-state index is -0.243. The van der Waals surface area contributed by atoms with Crippen molar-refractivity contribution < 1.29 is 4.39 Å². The maximum atomic E-state index is 12.5. The average Bonchev–Trinajstić information content (AvgIpc) is 1.85. The van der Waals surface area contributed by atoms with Crippen molar-refractivity contribution in [3.8, 4) is 0 Å². The van der Waals surface area contributed by atoms with Crippen molar-refractivity contribution in [3.05, 3.63) is 41.7 Å². The first-order valence-corrected chi connectivity index (χ1v) is 3.32. The quantitative estimate of drug-likeness (QED) is 0.653. The fraction of sp³-hybridized carbons (Fsp3) is 0.111. The fourth-order valence-corrected chi connectivity index (χ4v) is 0.987. The minimum Gasteiger partial charge on any atom is -0.399 e. The molecular formula is C9H10FN. The van der Waals surface area contributed by atoms with Crippen LogP contribution < -0.4 is 5.73 Å². The predicted molar refractivity (Wildman–Crippen MR) is 44.4 cm³/mol. The molecule has 1 rings (SSSR count). The molecule has 0 aromatic heterocycles.